The first-order valence-electron chi connectivity index (χ1n) is 18.8. The van der Waals surface area contributed by atoms with Gasteiger partial charge >= 0.3 is 0 Å². The Bertz CT molecular complexity index is 2540. The zero-order chi connectivity index (χ0) is 44.0. The van der Waals surface area contributed by atoms with Crippen LogP contribution in [0.5, 0.6) is 69.0 Å². The largest absolute Gasteiger partial charge is 0.504 e. The van der Waals surface area contributed by atoms with E-state index in [0.29, 0.717) is 77.9 Å². The molecule has 0 bridgehead atoms. The standard InChI is InChI=1S/C50H36O12/c51-37-17-33(18-38(52)47(37)59)25-1-9-29(10-2-25)45(30-11-3-26(4-12-30)34-19-39(53)48(60)40(54)20-34)46(31-13-5-27(6-14-31)35-21-41(55)49(61)42(56)22-35)32-15-7-28(8-16-32)36-23-43(57)50(62)44(58)24-36/h1-24,51-62H. The number of hydrogen-bond acceptors (Lipinski definition) is 12. The zero-order valence-corrected chi connectivity index (χ0v) is 32.2. The van der Waals surface area contributed by atoms with Crippen molar-refractivity contribution in [3.63, 3.8) is 0 Å². The second-order valence-corrected chi connectivity index (χ2v) is 14.5. The van der Waals surface area contributed by atoms with Crippen LogP contribution in [-0.4, -0.2) is 61.3 Å². The maximum atomic E-state index is 10.2. The second kappa shape index (κ2) is 15.7. The first kappa shape index (κ1) is 39.9. The van der Waals surface area contributed by atoms with Crippen molar-refractivity contribution in [1.29, 1.82) is 0 Å². The Morgan fingerprint density at radius 1 is 0.194 bits per heavy atom. The first-order chi connectivity index (χ1) is 29.7. The van der Waals surface area contributed by atoms with Gasteiger partial charge in [0, 0.05) is 0 Å². The molecule has 12 heteroatoms. The second-order valence-electron chi connectivity index (χ2n) is 14.5. The van der Waals surface area contributed by atoms with Crippen molar-refractivity contribution in [2.45, 2.75) is 0 Å². The smallest absolute Gasteiger partial charge is 0.200 e. The van der Waals surface area contributed by atoms with Crippen molar-refractivity contribution in [2.75, 3.05) is 0 Å². The molecule has 0 spiro atoms. The topological polar surface area (TPSA) is 243 Å². The average Bonchev–Trinajstić information content (AvgIpc) is 3.27. The molecule has 0 unspecified atom stereocenters. The summed E-state index contributed by atoms with van der Waals surface area (Å²) < 4.78 is 0. The highest BCUT2D eigenvalue weighted by Crippen LogP contribution is 2.45. The number of phenolic OH excluding ortho intramolecular Hbond substituents is 12. The minimum Gasteiger partial charge on any atom is -0.504 e. The van der Waals surface area contributed by atoms with Gasteiger partial charge in [-0.05, 0) is 126 Å². The minimum absolute atomic E-state index is 0.434. The van der Waals surface area contributed by atoms with Gasteiger partial charge in [0.15, 0.2) is 69.0 Å². The maximum absolute atomic E-state index is 10.2. The van der Waals surface area contributed by atoms with Crippen LogP contribution in [0.1, 0.15) is 22.3 Å². The fraction of sp³-hybridized carbons (Fsp3) is 0. The Morgan fingerprint density at radius 3 is 0.484 bits per heavy atom. The highest BCUT2D eigenvalue weighted by atomic mass is 16.3. The van der Waals surface area contributed by atoms with E-state index in [9.17, 15) is 61.3 Å². The number of aromatic hydroxyl groups is 12. The van der Waals surface area contributed by atoms with Gasteiger partial charge < -0.3 is 61.3 Å². The normalized spacial score (nSPS) is 11.0. The molecule has 0 saturated carbocycles. The first-order valence-corrected chi connectivity index (χ1v) is 18.8. The summed E-state index contributed by atoms with van der Waals surface area (Å²) in [5, 5.41) is 122. The SMILES string of the molecule is Oc1cc(-c2ccc(C(=C(c3ccc(-c4cc(O)c(O)c(O)c4)cc3)c3ccc(-c4cc(O)c(O)c(O)c4)cc3)c3ccc(-c4cc(O)c(O)c(O)c4)cc3)cc2)cc(O)c1O. The molecule has 0 fully saturated rings. The Hall–Kier alpha value is -8.90. The molecule has 8 rings (SSSR count). The third kappa shape index (κ3) is 7.46. The molecular formula is C50H36O12. The molecule has 12 N–H and O–H groups in total. The van der Waals surface area contributed by atoms with Gasteiger partial charge in [0.05, 0.1) is 0 Å². The van der Waals surface area contributed by atoms with E-state index in [2.05, 4.69) is 0 Å². The van der Waals surface area contributed by atoms with E-state index in [1.54, 1.807) is 48.5 Å². The van der Waals surface area contributed by atoms with Crippen LogP contribution in [0.2, 0.25) is 0 Å². The van der Waals surface area contributed by atoms with Crippen LogP contribution in [0.25, 0.3) is 55.7 Å². The van der Waals surface area contributed by atoms with Crippen LogP contribution in [0.4, 0.5) is 0 Å². The van der Waals surface area contributed by atoms with Crippen molar-refractivity contribution < 1.29 is 61.3 Å². The van der Waals surface area contributed by atoms with Gasteiger partial charge in [0.2, 0.25) is 0 Å². The minimum atomic E-state index is -0.642. The van der Waals surface area contributed by atoms with E-state index in [1.807, 2.05) is 48.5 Å². The molecule has 0 aromatic heterocycles. The van der Waals surface area contributed by atoms with E-state index < -0.39 is 69.0 Å². The fourth-order valence-corrected chi connectivity index (χ4v) is 7.31. The quantitative estimate of drug-likeness (QED) is 0.0506. The number of rotatable bonds is 8. The Balaban J connectivity index is 1.35. The summed E-state index contributed by atoms with van der Waals surface area (Å²) in [6.07, 6.45) is 0. The van der Waals surface area contributed by atoms with Crippen molar-refractivity contribution in [3.05, 3.63) is 168 Å². The Kier molecular flexibility index (Phi) is 10.1. The summed E-state index contributed by atoms with van der Waals surface area (Å²) in [6.45, 7) is 0. The van der Waals surface area contributed by atoms with E-state index in [4.69, 9.17) is 0 Å². The lowest BCUT2D eigenvalue weighted by Crippen LogP contribution is -1.98. The molecule has 0 atom stereocenters. The van der Waals surface area contributed by atoms with Crippen LogP contribution < -0.4 is 0 Å². The van der Waals surface area contributed by atoms with Gasteiger partial charge in [-0.15, -0.1) is 0 Å². The summed E-state index contributed by atoms with van der Waals surface area (Å²) >= 11 is 0. The predicted molar refractivity (Wildman–Crippen MR) is 233 cm³/mol. The summed E-state index contributed by atoms with van der Waals surface area (Å²) in [7, 11) is 0. The number of hydrogen-bond donors (Lipinski definition) is 12. The molecule has 308 valence electrons. The summed E-state index contributed by atoms with van der Waals surface area (Å²) in [5.41, 5.74) is 8.41. The predicted octanol–water partition coefficient (Wildman–Crippen LogP) is 9.83. The summed E-state index contributed by atoms with van der Waals surface area (Å²) in [4.78, 5) is 0. The monoisotopic (exact) mass is 828 g/mol. The summed E-state index contributed by atoms with van der Waals surface area (Å²) in [5.74, 6) is -6.53. The van der Waals surface area contributed by atoms with Gasteiger partial charge in [-0.25, -0.2) is 0 Å². The highest BCUT2D eigenvalue weighted by Gasteiger charge is 2.20. The molecule has 0 aliphatic rings. The lowest BCUT2D eigenvalue weighted by atomic mass is 9.84. The Labute approximate surface area is 352 Å². The number of benzene rings is 8. The molecule has 8 aromatic rings. The molecule has 0 amide bonds. The maximum Gasteiger partial charge on any atom is 0.200 e. The van der Waals surface area contributed by atoms with E-state index >= 15 is 0 Å². The lowest BCUT2D eigenvalue weighted by molar-refractivity contribution is 0.368. The van der Waals surface area contributed by atoms with Gasteiger partial charge in [-0.3, -0.25) is 0 Å². The van der Waals surface area contributed by atoms with E-state index in [1.165, 1.54) is 48.5 Å². The van der Waals surface area contributed by atoms with Gasteiger partial charge in [-0.1, -0.05) is 97.1 Å². The molecule has 62 heavy (non-hydrogen) atoms. The molecule has 8 aromatic carbocycles. The van der Waals surface area contributed by atoms with Crippen molar-refractivity contribution in [3.8, 4) is 114 Å². The van der Waals surface area contributed by atoms with Crippen molar-refractivity contribution in [2.24, 2.45) is 0 Å². The van der Waals surface area contributed by atoms with Gasteiger partial charge in [-0.2, -0.15) is 0 Å². The van der Waals surface area contributed by atoms with Gasteiger partial charge in [0.1, 0.15) is 0 Å². The summed E-state index contributed by atoms with van der Waals surface area (Å²) in [6, 6.07) is 39.7. The van der Waals surface area contributed by atoms with Crippen LogP contribution in [0.15, 0.2) is 146 Å². The average molecular weight is 829 g/mol. The Morgan fingerprint density at radius 2 is 0.339 bits per heavy atom. The highest BCUT2D eigenvalue weighted by molar-refractivity contribution is 6.05. The third-order valence-corrected chi connectivity index (χ3v) is 10.6. The molecule has 0 saturated heterocycles. The van der Waals surface area contributed by atoms with Crippen molar-refractivity contribution >= 4 is 11.1 Å². The molecule has 0 aliphatic carbocycles. The van der Waals surface area contributed by atoms with E-state index in [0.717, 1.165) is 0 Å². The lowest BCUT2D eigenvalue weighted by Gasteiger charge is -2.20. The molecule has 0 radical (unpaired) electrons. The van der Waals surface area contributed by atoms with Crippen molar-refractivity contribution in [1.82, 2.24) is 0 Å². The molecule has 0 heterocycles. The van der Waals surface area contributed by atoms with E-state index in [-0.39, 0.29) is 0 Å². The van der Waals surface area contributed by atoms with Crippen LogP contribution in [0, 0.1) is 0 Å². The van der Waals surface area contributed by atoms with Crippen LogP contribution in [0.3, 0.4) is 0 Å². The molecule has 12 nitrogen and oxygen atoms in total. The van der Waals surface area contributed by atoms with Crippen LogP contribution in [-0.2, 0) is 0 Å². The number of phenols is 12. The third-order valence-electron chi connectivity index (χ3n) is 10.6. The van der Waals surface area contributed by atoms with Crippen LogP contribution >= 0.6 is 0 Å². The fourth-order valence-electron chi connectivity index (χ4n) is 7.31. The van der Waals surface area contributed by atoms with Gasteiger partial charge in [0.25, 0.3) is 0 Å². The molecule has 0 aliphatic heterocycles. The molecular weight excluding hydrogens is 793 g/mol. The zero-order valence-electron chi connectivity index (χ0n) is 32.2.